The maximum absolute atomic E-state index is 11.5. The van der Waals surface area contributed by atoms with Crippen molar-refractivity contribution in [2.45, 2.75) is 0 Å². The van der Waals surface area contributed by atoms with Gasteiger partial charge in [-0.1, -0.05) is 42.5 Å². The molecule has 23 heavy (non-hydrogen) atoms. The maximum atomic E-state index is 11.5. The van der Waals surface area contributed by atoms with Gasteiger partial charge < -0.3 is 9.64 Å². The molecule has 0 atom stereocenters. The van der Waals surface area contributed by atoms with Crippen LogP contribution in [0.3, 0.4) is 0 Å². The molecule has 4 nitrogen and oxygen atoms in total. The number of hydrogen-bond acceptors (Lipinski definition) is 4. The van der Waals surface area contributed by atoms with E-state index in [9.17, 15) is 4.79 Å². The molecule has 0 spiro atoms. The van der Waals surface area contributed by atoms with Crippen LogP contribution in [0.15, 0.2) is 53.2 Å². The summed E-state index contributed by atoms with van der Waals surface area (Å²) in [7, 11) is 0. The van der Waals surface area contributed by atoms with E-state index in [0.717, 1.165) is 30.6 Å². The number of carbonyl (C=O) groups excluding carboxylic acids is 1. The Morgan fingerprint density at radius 3 is 2.65 bits per heavy atom. The molecule has 0 amide bonds. The highest BCUT2D eigenvalue weighted by Crippen LogP contribution is 2.32. The normalized spacial score (nSPS) is 18.4. The maximum Gasteiger partial charge on any atom is 0.170 e. The zero-order valence-corrected chi connectivity index (χ0v) is 12.9. The van der Waals surface area contributed by atoms with E-state index in [1.807, 2.05) is 6.07 Å². The number of aldehydes is 1. The predicted octanol–water partition coefficient (Wildman–Crippen LogP) is 2.54. The molecule has 2 heterocycles. The van der Waals surface area contributed by atoms with Crippen LogP contribution in [0, 0.1) is 0 Å². The van der Waals surface area contributed by atoms with E-state index in [4.69, 9.17) is 4.74 Å². The van der Waals surface area contributed by atoms with Gasteiger partial charge in [0.2, 0.25) is 0 Å². The Morgan fingerprint density at radius 1 is 1.04 bits per heavy atom. The Bertz CT molecular complexity index is 812. The second kappa shape index (κ2) is 5.97. The number of allylic oxidation sites excluding steroid dienone is 1. The number of benzene rings is 2. The van der Waals surface area contributed by atoms with E-state index in [2.05, 4.69) is 46.3 Å². The SMILES string of the molecule is O=CC1=NCC(c2cccc3ccccc23)=C1N1CCOCC1. The number of morpholine rings is 1. The van der Waals surface area contributed by atoms with Crippen molar-refractivity contribution in [2.75, 3.05) is 32.8 Å². The van der Waals surface area contributed by atoms with Crippen LogP contribution in [0.4, 0.5) is 0 Å². The first-order chi connectivity index (χ1) is 11.4. The van der Waals surface area contributed by atoms with Crippen molar-refractivity contribution in [2.24, 2.45) is 4.99 Å². The monoisotopic (exact) mass is 306 g/mol. The number of ether oxygens (including phenoxy) is 1. The van der Waals surface area contributed by atoms with Gasteiger partial charge in [-0.25, -0.2) is 0 Å². The van der Waals surface area contributed by atoms with Gasteiger partial charge in [0.15, 0.2) is 6.29 Å². The van der Waals surface area contributed by atoms with Crippen LogP contribution < -0.4 is 0 Å². The molecule has 0 aromatic heterocycles. The van der Waals surface area contributed by atoms with Gasteiger partial charge in [0.05, 0.1) is 25.5 Å². The second-order valence-electron chi connectivity index (χ2n) is 5.77. The minimum absolute atomic E-state index is 0.564. The molecule has 0 radical (unpaired) electrons. The molecular weight excluding hydrogens is 288 g/mol. The van der Waals surface area contributed by atoms with Crippen molar-refractivity contribution in [3.05, 3.63) is 53.7 Å². The summed E-state index contributed by atoms with van der Waals surface area (Å²) in [5.41, 5.74) is 3.87. The van der Waals surface area contributed by atoms with E-state index < -0.39 is 0 Å². The smallest absolute Gasteiger partial charge is 0.170 e. The number of hydrogen-bond donors (Lipinski definition) is 0. The lowest BCUT2D eigenvalue weighted by atomic mass is 9.96. The third-order valence-corrected chi connectivity index (χ3v) is 4.49. The first kappa shape index (κ1) is 14.2. The second-order valence-corrected chi connectivity index (χ2v) is 5.77. The molecule has 4 rings (SSSR count). The molecule has 116 valence electrons. The van der Waals surface area contributed by atoms with Gasteiger partial charge in [-0.05, 0) is 16.3 Å². The third kappa shape index (κ3) is 2.45. The molecule has 1 saturated heterocycles. The Balaban J connectivity index is 1.88. The predicted molar refractivity (Wildman–Crippen MR) is 91.6 cm³/mol. The Labute approximate surface area is 135 Å². The molecule has 0 saturated carbocycles. The molecule has 0 bridgehead atoms. The molecule has 0 N–H and O–H groups in total. The van der Waals surface area contributed by atoms with E-state index in [1.54, 1.807) is 0 Å². The Morgan fingerprint density at radius 2 is 1.83 bits per heavy atom. The zero-order valence-electron chi connectivity index (χ0n) is 12.9. The van der Waals surface area contributed by atoms with E-state index >= 15 is 0 Å². The van der Waals surface area contributed by atoms with E-state index in [0.29, 0.717) is 25.5 Å². The Kier molecular flexibility index (Phi) is 3.67. The van der Waals surface area contributed by atoms with Crippen molar-refractivity contribution in [1.82, 2.24) is 4.90 Å². The number of nitrogens with zero attached hydrogens (tertiary/aromatic N) is 2. The fourth-order valence-electron chi connectivity index (χ4n) is 3.40. The highest BCUT2D eigenvalue weighted by atomic mass is 16.5. The molecule has 1 fully saturated rings. The van der Waals surface area contributed by atoms with Gasteiger partial charge in [-0.2, -0.15) is 0 Å². The van der Waals surface area contributed by atoms with Crippen LogP contribution in [0.2, 0.25) is 0 Å². The topological polar surface area (TPSA) is 41.9 Å². The first-order valence-corrected chi connectivity index (χ1v) is 7.92. The van der Waals surface area contributed by atoms with Gasteiger partial charge in [-0.3, -0.25) is 9.79 Å². The van der Waals surface area contributed by atoms with E-state index in [-0.39, 0.29) is 0 Å². The summed E-state index contributed by atoms with van der Waals surface area (Å²) in [5, 5.41) is 2.41. The van der Waals surface area contributed by atoms with Gasteiger partial charge in [-0.15, -0.1) is 0 Å². The quantitative estimate of drug-likeness (QED) is 0.818. The van der Waals surface area contributed by atoms with Crippen LogP contribution in [-0.2, 0) is 9.53 Å². The van der Waals surface area contributed by atoms with Crippen molar-refractivity contribution in [3.63, 3.8) is 0 Å². The molecule has 2 aromatic carbocycles. The van der Waals surface area contributed by atoms with Gasteiger partial charge in [0.1, 0.15) is 5.71 Å². The van der Waals surface area contributed by atoms with Crippen molar-refractivity contribution in [1.29, 1.82) is 0 Å². The summed E-state index contributed by atoms with van der Waals surface area (Å²) in [4.78, 5) is 18.2. The Hall–Kier alpha value is -2.46. The largest absolute Gasteiger partial charge is 0.378 e. The van der Waals surface area contributed by atoms with Crippen molar-refractivity contribution in [3.8, 4) is 0 Å². The highest BCUT2D eigenvalue weighted by Gasteiger charge is 2.27. The van der Waals surface area contributed by atoms with Gasteiger partial charge >= 0.3 is 0 Å². The summed E-state index contributed by atoms with van der Waals surface area (Å²) in [6.45, 7) is 3.55. The molecule has 2 aliphatic rings. The summed E-state index contributed by atoms with van der Waals surface area (Å²) >= 11 is 0. The lowest BCUT2D eigenvalue weighted by Gasteiger charge is -2.31. The number of aliphatic imine (C=N–C) groups is 1. The average molecular weight is 306 g/mol. The molecule has 2 aromatic rings. The summed E-state index contributed by atoms with van der Waals surface area (Å²) in [6, 6.07) is 14.7. The fourth-order valence-corrected chi connectivity index (χ4v) is 3.40. The molecule has 4 heteroatoms. The summed E-state index contributed by atoms with van der Waals surface area (Å²) < 4.78 is 5.45. The third-order valence-electron chi connectivity index (χ3n) is 4.49. The molecule has 0 unspecified atom stereocenters. The summed E-state index contributed by atoms with van der Waals surface area (Å²) in [6.07, 6.45) is 0.878. The van der Waals surface area contributed by atoms with Crippen LogP contribution in [0.1, 0.15) is 5.56 Å². The van der Waals surface area contributed by atoms with E-state index in [1.165, 1.54) is 16.3 Å². The van der Waals surface area contributed by atoms with Gasteiger partial charge in [0.25, 0.3) is 0 Å². The highest BCUT2D eigenvalue weighted by molar-refractivity contribution is 6.39. The van der Waals surface area contributed by atoms with Crippen LogP contribution >= 0.6 is 0 Å². The van der Waals surface area contributed by atoms with Crippen LogP contribution in [0.5, 0.6) is 0 Å². The van der Waals surface area contributed by atoms with Crippen LogP contribution in [-0.4, -0.2) is 49.7 Å². The molecule has 2 aliphatic heterocycles. The first-order valence-electron chi connectivity index (χ1n) is 7.92. The van der Waals surface area contributed by atoms with Gasteiger partial charge in [0, 0.05) is 18.7 Å². The van der Waals surface area contributed by atoms with Crippen molar-refractivity contribution >= 4 is 28.3 Å². The fraction of sp³-hybridized carbons (Fsp3) is 0.263. The van der Waals surface area contributed by atoms with Crippen molar-refractivity contribution < 1.29 is 9.53 Å². The molecule has 0 aliphatic carbocycles. The summed E-state index contributed by atoms with van der Waals surface area (Å²) in [5.74, 6) is 0. The molecular formula is C19H18N2O2. The number of fused-ring (bicyclic) bond motifs is 1. The number of rotatable bonds is 3. The minimum atomic E-state index is 0.564. The zero-order chi connectivity index (χ0) is 15.6. The lowest BCUT2D eigenvalue weighted by Crippen LogP contribution is -2.38. The lowest BCUT2D eigenvalue weighted by molar-refractivity contribution is -0.102. The average Bonchev–Trinajstić information content (AvgIpc) is 3.06. The number of carbonyl (C=O) groups is 1. The minimum Gasteiger partial charge on any atom is -0.378 e. The standard InChI is InChI=1S/C19H18N2O2/c22-13-18-19(21-8-10-23-11-9-21)17(12-20-18)16-7-3-5-14-4-1-2-6-15(14)16/h1-7,13H,8-12H2. The van der Waals surface area contributed by atoms with Crippen LogP contribution in [0.25, 0.3) is 16.3 Å².